The van der Waals surface area contributed by atoms with E-state index in [1.54, 1.807) is 7.11 Å². The normalized spacial score (nSPS) is 17.0. The Balaban J connectivity index is 2.01. The molecule has 0 saturated carbocycles. The van der Waals surface area contributed by atoms with E-state index in [4.69, 9.17) is 15.0 Å². The summed E-state index contributed by atoms with van der Waals surface area (Å²) >= 11 is 0. The molecular formula is C20H25N3O2. The number of piperidine rings is 1. The molecule has 1 fully saturated rings. The minimum absolute atomic E-state index is 0.345. The number of allylic oxidation sites excluding steroid dienone is 5. The summed E-state index contributed by atoms with van der Waals surface area (Å²) in [5, 5.41) is 7.97. The number of hydrogen-bond acceptors (Lipinski definition) is 5. The molecule has 25 heavy (non-hydrogen) atoms. The molecule has 0 amide bonds. The van der Waals surface area contributed by atoms with Gasteiger partial charge in [0.1, 0.15) is 11.1 Å². The highest BCUT2D eigenvalue weighted by molar-refractivity contribution is 5.96. The maximum absolute atomic E-state index is 5.88. The molecule has 1 aromatic carbocycles. The number of nitrogen functional groups attached to an aromatic ring is 1. The molecule has 2 heterocycles. The molecule has 3 rings (SSSR count). The van der Waals surface area contributed by atoms with Crippen molar-refractivity contribution in [2.75, 3.05) is 25.9 Å². The molecule has 2 aromatic rings. The first-order chi connectivity index (χ1) is 12.2. The van der Waals surface area contributed by atoms with Gasteiger partial charge in [0, 0.05) is 0 Å². The van der Waals surface area contributed by atoms with Crippen molar-refractivity contribution in [1.82, 2.24) is 10.5 Å². The molecule has 0 atom stereocenters. The number of fused-ring (bicyclic) bond motifs is 1. The van der Waals surface area contributed by atoms with Crippen molar-refractivity contribution in [3.8, 4) is 5.75 Å². The van der Waals surface area contributed by atoms with Crippen LogP contribution in [0.25, 0.3) is 16.5 Å². The Kier molecular flexibility index (Phi) is 5.24. The van der Waals surface area contributed by atoms with E-state index in [1.165, 1.54) is 5.57 Å². The summed E-state index contributed by atoms with van der Waals surface area (Å²) < 4.78 is 10.8. The van der Waals surface area contributed by atoms with Crippen LogP contribution in [-0.2, 0) is 0 Å². The molecule has 3 N–H and O–H groups in total. The number of ether oxygens (including phenoxy) is 1. The average Bonchev–Trinajstić information content (AvgIpc) is 3.04. The van der Waals surface area contributed by atoms with Crippen LogP contribution in [0, 0.1) is 5.92 Å². The van der Waals surface area contributed by atoms with Crippen LogP contribution in [0.15, 0.2) is 47.0 Å². The fourth-order valence-corrected chi connectivity index (χ4v) is 3.40. The van der Waals surface area contributed by atoms with E-state index >= 15 is 0 Å². The van der Waals surface area contributed by atoms with Gasteiger partial charge in [-0.25, -0.2) is 0 Å². The zero-order valence-electron chi connectivity index (χ0n) is 14.8. The van der Waals surface area contributed by atoms with Crippen LogP contribution < -0.4 is 15.8 Å². The smallest absolute Gasteiger partial charge is 0.178 e. The highest BCUT2D eigenvalue weighted by atomic mass is 16.5. The van der Waals surface area contributed by atoms with Gasteiger partial charge in [-0.1, -0.05) is 30.0 Å². The predicted molar refractivity (Wildman–Crippen MR) is 102 cm³/mol. The molecule has 0 unspecified atom stereocenters. The average molecular weight is 339 g/mol. The highest BCUT2D eigenvalue weighted by Gasteiger charge is 2.17. The molecule has 5 heteroatoms. The van der Waals surface area contributed by atoms with Crippen molar-refractivity contribution >= 4 is 22.4 Å². The van der Waals surface area contributed by atoms with Crippen LogP contribution >= 0.6 is 0 Å². The topological polar surface area (TPSA) is 73.3 Å². The lowest BCUT2D eigenvalue weighted by Crippen LogP contribution is -2.28. The van der Waals surface area contributed by atoms with E-state index in [1.807, 2.05) is 25.1 Å². The van der Waals surface area contributed by atoms with Crippen molar-refractivity contribution < 1.29 is 9.26 Å². The van der Waals surface area contributed by atoms with Gasteiger partial charge in [-0.05, 0) is 67.6 Å². The maximum Gasteiger partial charge on any atom is 0.178 e. The number of nitrogens with zero attached hydrogens (tertiary/aromatic N) is 1. The van der Waals surface area contributed by atoms with Crippen LogP contribution in [0.5, 0.6) is 5.75 Å². The van der Waals surface area contributed by atoms with Crippen molar-refractivity contribution in [2.24, 2.45) is 5.92 Å². The Morgan fingerprint density at radius 1 is 1.40 bits per heavy atom. The van der Waals surface area contributed by atoms with Crippen LogP contribution in [0.2, 0.25) is 0 Å². The number of aromatic nitrogens is 1. The molecule has 5 nitrogen and oxygen atoms in total. The molecule has 1 aliphatic rings. The summed E-state index contributed by atoms with van der Waals surface area (Å²) in [6.45, 7) is 8.15. The molecule has 0 radical (unpaired) electrons. The fourth-order valence-electron chi connectivity index (χ4n) is 3.40. The van der Waals surface area contributed by atoms with Crippen LogP contribution in [-0.4, -0.2) is 25.4 Å². The van der Waals surface area contributed by atoms with Gasteiger partial charge in [0.25, 0.3) is 0 Å². The standard InChI is InChI=1S/C20H25N3O2/c1-4-13(15-6-8-22-9-7-15)10-14(5-2)16-11-17(24-3)19-18(12-16)25-23-20(19)21/h4-5,10-12,15,22H,1,6-9H2,2-3H3,(H2,21,23)/b13-10+,14-5+. The van der Waals surface area contributed by atoms with Crippen molar-refractivity contribution in [1.29, 1.82) is 0 Å². The van der Waals surface area contributed by atoms with Crippen molar-refractivity contribution in [2.45, 2.75) is 19.8 Å². The Morgan fingerprint density at radius 3 is 2.80 bits per heavy atom. The second kappa shape index (κ2) is 7.57. The molecule has 0 spiro atoms. The quantitative estimate of drug-likeness (QED) is 0.807. The fraction of sp³-hybridized carbons (Fsp3) is 0.350. The second-order valence-corrected chi connectivity index (χ2v) is 6.24. The number of methoxy groups -OCH3 is 1. The molecule has 1 aromatic heterocycles. The second-order valence-electron chi connectivity index (χ2n) is 6.24. The third kappa shape index (κ3) is 3.46. The number of rotatable bonds is 5. The largest absolute Gasteiger partial charge is 0.496 e. The van der Waals surface area contributed by atoms with Gasteiger partial charge in [0.2, 0.25) is 0 Å². The summed E-state index contributed by atoms with van der Waals surface area (Å²) in [5.41, 5.74) is 9.89. The first-order valence-electron chi connectivity index (χ1n) is 8.62. The van der Waals surface area contributed by atoms with E-state index in [0.717, 1.165) is 37.1 Å². The van der Waals surface area contributed by atoms with Crippen LogP contribution in [0.1, 0.15) is 25.3 Å². The maximum atomic E-state index is 5.88. The third-order valence-corrected chi connectivity index (χ3v) is 4.80. The Hall–Kier alpha value is -2.53. The first-order valence-corrected chi connectivity index (χ1v) is 8.62. The summed E-state index contributed by atoms with van der Waals surface area (Å²) in [5.74, 6) is 1.55. The molecule has 132 valence electrons. The van der Waals surface area contributed by atoms with Gasteiger partial charge in [0.05, 0.1) is 7.11 Å². The van der Waals surface area contributed by atoms with Crippen molar-refractivity contribution in [3.63, 3.8) is 0 Å². The Labute approximate surface area is 148 Å². The van der Waals surface area contributed by atoms with E-state index < -0.39 is 0 Å². The minimum atomic E-state index is 0.345. The number of benzene rings is 1. The zero-order chi connectivity index (χ0) is 17.8. The molecule has 1 aliphatic heterocycles. The number of anilines is 1. The number of nitrogens with two attached hydrogens (primary N) is 1. The van der Waals surface area contributed by atoms with Gasteiger partial charge in [-0.15, -0.1) is 0 Å². The lowest BCUT2D eigenvalue weighted by Gasteiger charge is -2.24. The lowest BCUT2D eigenvalue weighted by atomic mass is 9.87. The van der Waals surface area contributed by atoms with E-state index in [-0.39, 0.29) is 0 Å². The SMILES string of the molecule is C=C/C(=C\C(=C/C)c1cc(OC)c2c(N)noc2c1)C1CCNCC1. The summed E-state index contributed by atoms with van der Waals surface area (Å²) in [4.78, 5) is 0. The minimum Gasteiger partial charge on any atom is -0.496 e. The van der Waals surface area contributed by atoms with Gasteiger partial charge >= 0.3 is 0 Å². The number of nitrogens with one attached hydrogen (secondary N) is 1. The first kappa shape index (κ1) is 17.3. The monoisotopic (exact) mass is 339 g/mol. The van der Waals surface area contributed by atoms with Crippen LogP contribution in [0.4, 0.5) is 5.82 Å². The Morgan fingerprint density at radius 2 is 2.16 bits per heavy atom. The van der Waals surface area contributed by atoms with Gasteiger partial charge in [-0.2, -0.15) is 0 Å². The summed E-state index contributed by atoms with van der Waals surface area (Å²) in [6.07, 6.45) is 8.54. The molecule has 0 bridgehead atoms. The van der Waals surface area contributed by atoms with Gasteiger partial charge in [-0.3, -0.25) is 0 Å². The lowest BCUT2D eigenvalue weighted by molar-refractivity contribution is 0.419. The number of hydrogen-bond donors (Lipinski definition) is 2. The van der Waals surface area contributed by atoms with E-state index in [0.29, 0.717) is 28.5 Å². The highest BCUT2D eigenvalue weighted by Crippen LogP contribution is 2.35. The van der Waals surface area contributed by atoms with Gasteiger partial charge < -0.3 is 20.3 Å². The predicted octanol–water partition coefficient (Wildman–Crippen LogP) is 3.93. The van der Waals surface area contributed by atoms with Crippen molar-refractivity contribution in [3.05, 3.63) is 48.1 Å². The van der Waals surface area contributed by atoms with E-state index in [9.17, 15) is 0 Å². The van der Waals surface area contributed by atoms with Crippen LogP contribution in [0.3, 0.4) is 0 Å². The molecule has 1 saturated heterocycles. The van der Waals surface area contributed by atoms with Gasteiger partial charge in [0.15, 0.2) is 11.4 Å². The molecular weight excluding hydrogens is 314 g/mol. The van der Waals surface area contributed by atoms with E-state index in [2.05, 4.69) is 29.2 Å². The summed E-state index contributed by atoms with van der Waals surface area (Å²) in [6, 6.07) is 3.93. The summed E-state index contributed by atoms with van der Waals surface area (Å²) in [7, 11) is 1.63. The zero-order valence-corrected chi connectivity index (χ0v) is 14.8. The molecule has 0 aliphatic carbocycles. The third-order valence-electron chi connectivity index (χ3n) is 4.80. The Bertz CT molecular complexity index is 827.